The highest BCUT2D eigenvalue weighted by atomic mass is 35.5. The van der Waals surface area contributed by atoms with Crippen LogP contribution in [0.4, 0.5) is 17.6 Å². The summed E-state index contributed by atoms with van der Waals surface area (Å²) in [4.78, 5) is 26.2. The topological polar surface area (TPSA) is 81.2 Å². The molecule has 0 spiro atoms. The zero-order chi connectivity index (χ0) is 22.6. The minimum atomic E-state index is -3.18. The molecule has 0 bridgehead atoms. The number of rotatable bonds is 5. The Balaban J connectivity index is 1.60. The zero-order valence-corrected chi connectivity index (χ0v) is 17.0. The molecule has 4 rings (SSSR count). The predicted octanol–water partition coefficient (Wildman–Crippen LogP) is 3.72. The van der Waals surface area contributed by atoms with Crippen LogP contribution in [0.3, 0.4) is 0 Å². The van der Waals surface area contributed by atoms with Crippen LogP contribution in [0.25, 0.3) is 11.3 Å². The van der Waals surface area contributed by atoms with E-state index in [-0.39, 0.29) is 25.2 Å². The number of carbonyl (C=O) groups is 2. The van der Waals surface area contributed by atoms with Gasteiger partial charge in [0.15, 0.2) is 0 Å². The molecule has 1 aromatic heterocycles. The van der Waals surface area contributed by atoms with Gasteiger partial charge in [-0.1, -0.05) is 23.7 Å². The third-order valence-electron chi connectivity index (χ3n) is 5.86. The standard InChI is InChI=1S/C20H19ClF4N4O2/c21-12-3-1-2-11(6-12)16-15(17(26)31)13-8-28(4-5-29(13)27-16)14(30)7-19(18(22)23)9-20(24,25)10-19/h1-3,6,18H,4-5,7-10H2,(H2,26,31). The molecular formula is C20H19ClF4N4O2. The predicted molar refractivity (Wildman–Crippen MR) is 104 cm³/mol. The molecule has 1 saturated carbocycles. The average molecular weight is 459 g/mol. The molecule has 166 valence electrons. The molecule has 1 aliphatic heterocycles. The summed E-state index contributed by atoms with van der Waals surface area (Å²) in [5.74, 6) is -4.60. The number of alkyl halides is 4. The van der Waals surface area contributed by atoms with Crippen LogP contribution in [-0.2, 0) is 17.9 Å². The Morgan fingerprint density at radius 3 is 2.52 bits per heavy atom. The number of aromatic nitrogens is 2. The van der Waals surface area contributed by atoms with Crippen LogP contribution in [0.5, 0.6) is 0 Å². The van der Waals surface area contributed by atoms with Gasteiger partial charge in [0, 0.05) is 36.4 Å². The Labute approximate surface area is 179 Å². The van der Waals surface area contributed by atoms with E-state index >= 15 is 0 Å². The Hall–Kier alpha value is -2.62. The van der Waals surface area contributed by atoms with Crippen molar-refractivity contribution in [3.05, 3.63) is 40.5 Å². The number of amides is 2. The highest BCUT2D eigenvalue weighted by molar-refractivity contribution is 6.30. The van der Waals surface area contributed by atoms with E-state index in [2.05, 4.69) is 5.10 Å². The van der Waals surface area contributed by atoms with Gasteiger partial charge in [-0.25, -0.2) is 17.6 Å². The summed E-state index contributed by atoms with van der Waals surface area (Å²) in [5, 5.41) is 4.86. The number of halogens is 5. The number of hydrogen-bond acceptors (Lipinski definition) is 3. The Kier molecular flexibility index (Phi) is 5.23. The summed E-state index contributed by atoms with van der Waals surface area (Å²) in [7, 11) is 0. The first-order chi connectivity index (χ1) is 14.5. The van der Waals surface area contributed by atoms with Gasteiger partial charge in [0.05, 0.1) is 29.8 Å². The lowest BCUT2D eigenvalue weighted by atomic mass is 9.64. The molecule has 2 heterocycles. The van der Waals surface area contributed by atoms with Crippen LogP contribution < -0.4 is 5.73 Å². The molecule has 0 radical (unpaired) electrons. The summed E-state index contributed by atoms with van der Waals surface area (Å²) < 4.78 is 55.0. The van der Waals surface area contributed by atoms with E-state index in [1.165, 1.54) is 4.90 Å². The molecule has 1 aliphatic carbocycles. The fourth-order valence-electron chi connectivity index (χ4n) is 4.38. The van der Waals surface area contributed by atoms with Gasteiger partial charge in [-0.05, 0) is 12.1 Å². The second-order valence-electron chi connectivity index (χ2n) is 8.13. The lowest BCUT2D eigenvalue weighted by molar-refractivity contribution is -0.215. The van der Waals surface area contributed by atoms with E-state index < -0.39 is 48.8 Å². The first-order valence-corrected chi connectivity index (χ1v) is 9.98. The minimum Gasteiger partial charge on any atom is -0.365 e. The normalized spacial score (nSPS) is 19.1. The van der Waals surface area contributed by atoms with Crippen molar-refractivity contribution < 1.29 is 27.2 Å². The molecule has 11 heteroatoms. The van der Waals surface area contributed by atoms with Gasteiger partial charge in [0.2, 0.25) is 18.3 Å². The molecule has 1 fully saturated rings. The van der Waals surface area contributed by atoms with E-state index in [1.54, 1.807) is 28.9 Å². The third kappa shape index (κ3) is 3.88. The van der Waals surface area contributed by atoms with Gasteiger partial charge in [0.1, 0.15) is 5.69 Å². The average Bonchev–Trinajstić information content (AvgIpc) is 3.05. The Morgan fingerprint density at radius 2 is 1.94 bits per heavy atom. The first-order valence-electron chi connectivity index (χ1n) is 9.60. The van der Waals surface area contributed by atoms with Crippen LogP contribution in [0.2, 0.25) is 5.02 Å². The van der Waals surface area contributed by atoms with E-state index in [1.807, 2.05) is 0 Å². The molecule has 0 unspecified atom stereocenters. The maximum atomic E-state index is 13.4. The van der Waals surface area contributed by atoms with Gasteiger partial charge >= 0.3 is 0 Å². The maximum Gasteiger partial charge on any atom is 0.252 e. The third-order valence-corrected chi connectivity index (χ3v) is 6.10. The fourth-order valence-corrected chi connectivity index (χ4v) is 4.57. The van der Waals surface area contributed by atoms with Gasteiger partial charge in [-0.2, -0.15) is 5.10 Å². The molecule has 1 aromatic carbocycles. The van der Waals surface area contributed by atoms with Crippen molar-refractivity contribution in [2.45, 2.75) is 44.7 Å². The van der Waals surface area contributed by atoms with Crippen molar-refractivity contribution in [3.8, 4) is 11.3 Å². The number of primary amides is 1. The van der Waals surface area contributed by atoms with Crippen molar-refractivity contribution in [3.63, 3.8) is 0 Å². The smallest absolute Gasteiger partial charge is 0.252 e. The van der Waals surface area contributed by atoms with Gasteiger partial charge < -0.3 is 10.6 Å². The van der Waals surface area contributed by atoms with E-state index in [9.17, 15) is 27.2 Å². The molecule has 2 amide bonds. The lowest BCUT2D eigenvalue weighted by Gasteiger charge is -2.47. The SMILES string of the molecule is NC(=O)c1c(-c2cccc(Cl)c2)nn2c1CN(C(=O)CC1(C(F)F)CC(F)(F)C1)CC2. The van der Waals surface area contributed by atoms with E-state index in [0.717, 1.165) is 0 Å². The highest BCUT2D eigenvalue weighted by Gasteiger charge is 2.62. The number of benzene rings is 1. The summed E-state index contributed by atoms with van der Waals surface area (Å²) in [5.41, 5.74) is 4.90. The second-order valence-corrected chi connectivity index (χ2v) is 8.57. The number of nitrogens with zero attached hydrogens (tertiary/aromatic N) is 3. The molecule has 0 atom stereocenters. The Morgan fingerprint density at radius 1 is 1.23 bits per heavy atom. The maximum absolute atomic E-state index is 13.4. The fraction of sp³-hybridized carbons (Fsp3) is 0.450. The summed E-state index contributed by atoms with van der Waals surface area (Å²) in [6, 6.07) is 6.68. The molecular weight excluding hydrogens is 440 g/mol. The highest BCUT2D eigenvalue weighted by Crippen LogP contribution is 2.57. The van der Waals surface area contributed by atoms with Gasteiger partial charge in [-0.3, -0.25) is 14.3 Å². The molecule has 0 saturated heterocycles. The zero-order valence-electron chi connectivity index (χ0n) is 16.3. The van der Waals surface area contributed by atoms with Crippen LogP contribution >= 0.6 is 11.6 Å². The van der Waals surface area contributed by atoms with Crippen LogP contribution in [0.15, 0.2) is 24.3 Å². The first kappa shape index (κ1) is 21.6. The van der Waals surface area contributed by atoms with Crippen LogP contribution in [-0.4, -0.2) is 45.4 Å². The lowest BCUT2D eigenvalue weighted by Crippen LogP contribution is -2.53. The largest absolute Gasteiger partial charge is 0.365 e. The van der Waals surface area contributed by atoms with Crippen molar-refractivity contribution in [2.75, 3.05) is 6.54 Å². The molecule has 2 aromatic rings. The molecule has 31 heavy (non-hydrogen) atoms. The number of carbonyl (C=O) groups excluding carboxylic acids is 2. The van der Waals surface area contributed by atoms with Crippen molar-refractivity contribution in [2.24, 2.45) is 11.1 Å². The quantitative estimate of drug-likeness (QED) is 0.693. The molecule has 6 nitrogen and oxygen atoms in total. The molecule has 2 aliphatic rings. The number of nitrogens with two attached hydrogens (primary N) is 1. The number of fused-ring (bicyclic) bond motifs is 1. The number of hydrogen-bond donors (Lipinski definition) is 1. The minimum absolute atomic E-state index is 0.0830. The van der Waals surface area contributed by atoms with Gasteiger partial charge in [-0.15, -0.1) is 0 Å². The Bertz CT molecular complexity index is 1050. The van der Waals surface area contributed by atoms with E-state index in [0.29, 0.717) is 22.0 Å². The van der Waals surface area contributed by atoms with Gasteiger partial charge in [0.25, 0.3) is 5.91 Å². The summed E-state index contributed by atoms with van der Waals surface area (Å²) in [6.45, 7) is 0.274. The monoisotopic (exact) mass is 458 g/mol. The van der Waals surface area contributed by atoms with Crippen LogP contribution in [0.1, 0.15) is 35.3 Å². The second kappa shape index (κ2) is 7.51. The molecule has 2 N–H and O–H groups in total. The van der Waals surface area contributed by atoms with Crippen molar-refractivity contribution in [1.82, 2.24) is 14.7 Å². The van der Waals surface area contributed by atoms with E-state index in [4.69, 9.17) is 17.3 Å². The van der Waals surface area contributed by atoms with Crippen molar-refractivity contribution >= 4 is 23.4 Å². The van der Waals surface area contributed by atoms with Crippen molar-refractivity contribution in [1.29, 1.82) is 0 Å². The summed E-state index contributed by atoms with van der Waals surface area (Å²) in [6.07, 6.45) is -5.73. The van der Waals surface area contributed by atoms with Crippen LogP contribution in [0, 0.1) is 5.41 Å². The summed E-state index contributed by atoms with van der Waals surface area (Å²) >= 11 is 6.03.